The van der Waals surface area contributed by atoms with E-state index < -0.39 is 0 Å². The van der Waals surface area contributed by atoms with Crippen LogP contribution in [-0.2, 0) is 9.53 Å². The molecule has 4 atom stereocenters. The Labute approximate surface area is 147 Å². The predicted molar refractivity (Wildman–Crippen MR) is 91.1 cm³/mol. The van der Waals surface area contributed by atoms with Gasteiger partial charge in [0.1, 0.15) is 18.0 Å². The van der Waals surface area contributed by atoms with Crippen LogP contribution in [0.3, 0.4) is 0 Å². The molecule has 3 aliphatic rings. The van der Waals surface area contributed by atoms with Gasteiger partial charge in [-0.2, -0.15) is 0 Å². The minimum atomic E-state index is -0.263. The molecule has 3 fully saturated rings. The van der Waals surface area contributed by atoms with Crippen molar-refractivity contribution in [2.45, 2.75) is 24.6 Å². The standard InChI is InChI=1S/C18H25FN4O2/c1-22-7-6-15-14(10-22)17(21-20-15)18(24)23-8-9-25-16(11-23)12-2-4-13(19)5-3-12/h2-5,14-17,20-21H,6-11H2,1H3. The van der Waals surface area contributed by atoms with Gasteiger partial charge in [-0.15, -0.1) is 0 Å². The molecule has 25 heavy (non-hydrogen) atoms. The molecule has 4 rings (SSSR count). The number of piperidine rings is 1. The predicted octanol–water partition coefficient (Wildman–Crippen LogP) is 0.522. The molecule has 0 bridgehead atoms. The first-order chi connectivity index (χ1) is 12.1. The number of hydrogen-bond acceptors (Lipinski definition) is 5. The number of morpholine rings is 1. The Morgan fingerprint density at radius 1 is 1.20 bits per heavy atom. The van der Waals surface area contributed by atoms with Gasteiger partial charge < -0.3 is 14.5 Å². The molecule has 1 aromatic carbocycles. The summed E-state index contributed by atoms with van der Waals surface area (Å²) in [6.07, 6.45) is 0.858. The van der Waals surface area contributed by atoms with Crippen molar-refractivity contribution < 1.29 is 13.9 Å². The zero-order valence-corrected chi connectivity index (χ0v) is 14.5. The summed E-state index contributed by atoms with van der Waals surface area (Å²) in [6, 6.07) is 6.50. The number of hydrogen-bond donors (Lipinski definition) is 2. The first-order valence-corrected chi connectivity index (χ1v) is 8.97. The molecule has 3 aliphatic heterocycles. The summed E-state index contributed by atoms with van der Waals surface area (Å²) in [5.74, 6) is 0.158. The van der Waals surface area contributed by atoms with Crippen molar-refractivity contribution in [3.63, 3.8) is 0 Å². The fraction of sp³-hybridized carbons (Fsp3) is 0.611. The third kappa shape index (κ3) is 3.42. The highest BCUT2D eigenvalue weighted by Gasteiger charge is 2.44. The third-order valence-electron chi connectivity index (χ3n) is 5.60. The number of benzene rings is 1. The van der Waals surface area contributed by atoms with Crippen molar-refractivity contribution >= 4 is 5.91 Å². The second-order valence-electron chi connectivity index (χ2n) is 7.28. The van der Waals surface area contributed by atoms with Crippen molar-refractivity contribution in [2.24, 2.45) is 5.92 Å². The first kappa shape index (κ1) is 16.9. The van der Waals surface area contributed by atoms with Crippen LogP contribution in [0.25, 0.3) is 0 Å². The second kappa shape index (κ2) is 6.99. The number of ether oxygens (including phenoxy) is 1. The van der Waals surface area contributed by atoms with E-state index in [1.165, 1.54) is 12.1 Å². The van der Waals surface area contributed by atoms with Gasteiger partial charge >= 0.3 is 0 Å². The number of halogens is 1. The summed E-state index contributed by atoms with van der Waals surface area (Å²) < 4.78 is 18.9. The van der Waals surface area contributed by atoms with Crippen LogP contribution in [0.1, 0.15) is 18.1 Å². The van der Waals surface area contributed by atoms with E-state index in [0.717, 1.165) is 25.1 Å². The van der Waals surface area contributed by atoms with Gasteiger partial charge in [0.2, 0.25) is 5.91 Å². The van der Waals surface area contributed by atoms with Gasteiger partial charge in [0.15, 0.2) is 0 Å². The molecular weight excluding hydrogens is 323 g/mol. The topological polar surface area (TPSA) is 56.8 Å². The first-order valence-electron chi connectivity index (χ1n) is 8.97. The lowest BCUT2D eigenvalue weighted by Crippen LogP contribution is -2.53. The maximum Gasteiger partial charge on any atom is 0.241 e. The number of carbonyl (C=O) groups excluding carboxylic acids is 1. The molecular formula is C18H25FN4O2. The van der Waals surface area contributed by atoms with Crippen LogP contribution in [0.5, 0.6) is 0 Å². The highest BCUT2D eigenvalue weighted by atomic mass is 19.1. The van der Waals surface area contributed by atoms with E-state index in [9.17, 15) is 9.18 Å². The zero-order chi connectivity index (χ0) is 17.4. The van der Waals surface area contributed by atoms with Gasteiger partial charge in [-0.05, 0) is 37.7 Å². The molecule has 2 N–H and O–H groups in total. The van der Waals surface area contributed by atoms with E-state index in [2.05, 4.69) is 22.8 Å². The zero-order valence-electron chi connectivity index (χ0n) is 14.5. The molecule has 0 radical (unpaired) electrons. The Morgan fingerprint density at radius 3 is 2.80 bits per heavy atom. The molecule has 3 saturated heterocycles. The Hall–Kier alpha value is -1.54. The molecule has 0 aromatic heterocycles. The number of nitrogens with one attached hydrogen (secondary N) is 2. The largest absolute Gasteiger partial charge is 0.370 e. The SMILES string of the molecule is CN1CCC2NNC(C(=O)N3CCOC(c4ccc(F)cc4)C3)C2C1. The quantitative estimate of drug-likeness (QED) is 0.816. The van der Waals surface area contributed by atoms with Gasteiger partial charge in [-0.1, -0.05) is 12.1 Å². The lowest BCUT2D eigenvalue weighted by atomic mass is 9.88. The van der Waals surface area contributed by atoms with E-state index >= 15 is 0 Å². The average Bonchev–Trinajstić information content (AvgIpc) is 3.05. The third-order valence-corrected chi connectivity index (χ3v) is 5.60. The summed E-state index contributed by atoms with van der Waals surface area (Å²) in [5, 5.41) is 0. The van der Waals surface area contributed by atoms with Crippen molar-refractivity contribution in [1.82, 2.24) is 20.7 Å². The molecule has 3 heterocycles. The number of likely N-dealkylation sites (tertiary alicyclic amines) is 1. The summed E-state index contributed by atoms with van der Waals surface area (Å²) in [5.41, 5.74) is 7.43. The monoisotopic (exact) mass is 348 g/mol. The average molecular weight is 348 g/mol. The molecule has 136 valence electrons. The lowest BCUT2D eigenvalue weighted by Gasteiger charge is -2.37. The van der Waals surface area contributed by atoms with Crippen LogP contribution < -0.4 is 10.9 Å². The van der Waals surface area contributed by atoms with Gasteiger partial charge in [0, 0.05) is 25.0 Å². The second-order valence-corrected chi connectivity index (χ2v) is 7.28. The highest BCUT2D eigenvalue weighted by Crippen LogP contribution is 2.27. The fourth-order valence-electron chi connectivity index (χ4n) is 4.14. The lowest BCUT2D eigenvalue weighted by molar-refractivity contribution is -0.142. The smallest absolute Gasteiger partial charge is 0.241 e. The fourth-order valence-corrected chi connectivity index (χ4v) is 4.14. The Bertz CT molecular complexity index is 626. The molecule has 0 saturated carbocycles. The van der Waals surface area contributed by atoms with Crippen molar-refractivity contribution in [3.05, 3.63) is 35.6 Å². The van der Waals surface area contributed by atoms with Crippen LogP contribution in [0, 0.1) is 11.7 Å². The summed E-state index contributed by atoms with van der Waals surface area (Å²) >= 11 is 0. The van der Waals surface area contributed by atoms with E-state index in [-0.39, 0.29) is 23.9 Å². The maximum atomic E-state index is 13.1. The van der Waals surface area contributed by atoms with Crippen LogP contribution in [0.15, 0.2) is 24.3 Å². The van der Waals surface area contributed by atoms with Gasteiger partial charge in [0.25, 0.3) is 0 Å². The van der Waals surface area contributed by atoms with Crippen molar-refractivity contribution in [2.75, 3.05) is 39.8 Å². The summed E-state index contributed by atoms with van der Waals surface area (Å²) in [4.78, 5) is 17.3. The van der Waals surface area contributed by atoms with E-state index in [0.29, 0.717) is 31.7 Å². The van der Waals surface area contributed by atoms with E-state index in [4.69, 9.17) is 4.74 Å². The summed E-state index contributed by atoms with van der Waals surface area (Å²) in [7, 11) is 2.11. The number of carbonyl (C=O) groups is 1. The number of amides is 1. The van der Waals surface area contributed by atoms with Gasteiger partial charge in [0.05, 0.1) is 13.2 Å². The van der Waals surface area contributed by atoms with Crippen LogP contribution >= 0.6 is 0 Å². The maximum absolute atomic E-state index is 13.1. The molecule has 6 nitrogen and oxygen atoms in total. The number of rotatable bonds is 2. The van der Waals surface area contributed by atoms with E-state index in [1.54, 1.807) is 12.1 Å². The minimum absolute atomic E-state index is 0.130. The normalized spacial score (nSPS) is 33.3. The molecule has 4 unspecified atom stereocenters. The highest BCUT2D eigenvalue weighted by molar-refractivity contribution is 5.83. The van der Waals surface area contributed by atoms with Crippen LogP contribution in [0.2, 0.25) is 0 Å². The van der Waals surface area contributed by atoms with Gasteiger partial charge in [-0.25, -0.2) is 9.82 Å². The van der Waals surface area contributed by atoms with Crippen molar-refractivity contribution in [1.29, 1.82) is 0 Å². The molecule has 7 heteroatoms. The van der Waals surface area contributed by atoms with Crippen LogP contribution in [0.4, 0.5) is 4.39 Å². The molecule has 0 aliphatic carbocycles. The Balaban J connectivity index is 1.44. The molecule has 0 spiro atoms. The number of fused-ring (bicyclic) bond motifs is 1. The van der Waals surface area contributed by atoms with Crippen molar-refractivity contribution in [3.8, 4) is 0 Å². The van der Waals surface area contributed by atoms with Gasteiger partial charge in [-0.3, -0.25) is 10.2 Å². The molecule has 1 aromatic rings. The Kier molecular flexibility index (Phi) is 4.73. The number of nitrogens with zero attached hydrogens (tertiary/aromatic N) is 2. The molecule has 1 amide bonds. The summed E-state index contributed by atoms with van der Waals surface area (Å²) in [6.45, 7) is 3.59. The Morgan fingerprint density at radius 2 is 2.00 bits per heavy atom. The van der Waals surface area contributed by atoms with Crippen LogP contribution in [-0.4, -0.2) is 67.6 Å². The van der Waals surface area contributed by atoms with E-state index in [1.807, 2.05) is 4.90 Å². The number of hydrazine groups is 1. The minimum Gasteiger partial charge on any atom is -0.370 e.